The summed E-state index contributed by atoms with van der Waals surface area (Å²) in [7, 11) is 1.42. The number of hydrogen-bond acceptors (Lipinski definition) is 12. The Bertz CT molecular complexity index is 900. The van der Waals surface area contributed by atoms with E-state index in [0.717, 1.165) is 0 Å². The van der Waals surface area contributed by atoms with Crippen LogP contribution in [-0.2, 0) is 47.6 Å². The maximum atomic E-state index is 13.5. The van der Waals surface area contributed by atoms with E-state index in [0.29, 0.717) is 25.7 Å². The van der Waals surface area contributed by atoms with Crippen molar-refractivity contribution in [1.82, 2.24) is 0 Å². The van der Waals surface area contributed by atoms with Crippen molar-refractivity contribution in [3.8, 4) is 0 Å². The van der Waals surface area contributed by atoms with E-state index in [1.807, 2.05) is 27.7 Å². The van der Waals surface area contributed by atoms with Crippen molar-refractivity contribution in [2.24, 2.45) is 21.7 Å². The molecule has 0 spiro atoms. The highest BCUT2D eigenvalue weighted by Crippen LogP contribution is 2.43. The molecule has 12 heteroatoms. The van der Waals surface area contributed by atoms with Crippen molar-refractivity contribution < 1.29 is 57.8 Å². The second-order valence-electron chi connectivity index (χ2n) is 13.2. The van der Waals surface area contributed by atoms with Crippen molar-refractivity contribution in [3.63, 3.8) is 0 Å². The topological polar surface area (TPSA) is 164 Å². The average molecular weight is 649 g/mol. The molecule has 0 radical (unpaired) electrons. The number of ether oxygens (including phenoxy) is 6. The van der Waals surface area contributed by atoms with Crippen LogP contribution in [0.3, 0.4) is 0 Å². The van der Waals surface area contributed by atoms with E-state index in [1.54, 1.807) is 27.7 Å². The molecule has 0 aliphatic rings. The van der Waals surface area contributed by atoms with Gasteiger partial charge in [0.15, 0.2) is 0 Å². The molecular weight excluding hydrogens is 588 g/mol. The Morgan fingerprint density at radius 2 is 1.11 bits per heavy atom. The first-order chi connectivity index (χ1) is 21.0. The van der Waals surface area contributed by atoms with Gasteiger partial charge >= 0.3 is 23.9 Å². The van der Waals surface area contributed by atoms with Gasteiger partial charge in [0.2, 0.25) is 0 Å². The quantitative estimate of drug-likeness (QED) is 0.0832. The molecule has 0 saturated heterocycles. The molecule has 2 N–H and O–H groups in total. The third kappa shape index (κ3) is 14.8. The zero-order valence-corrected chi connectivity index (χ0v) is 29.2. The van der Waals surface area contributed by atoms with Crippen molar-refractivity contribution in [2.45, 2.75) is 106 Å². The van der Waals surface area contributed by atoms with E-state index >= 15 is 0 Å². The molecule has 0 amide bonds. The van der Waals surface area contributed by atoms with Gasteiger partial charge in [-0.1, -0.05) is 27.2 Å². The van der Waals surface area contributed by atoms with E-state index in [1.165, 1.54) is 7.11 Å². The Hall–Kier alpha value is -2.28. The maximum absolute atomic E-state index is 13.5. The maximum Gasteiger partial charge on any atom is 0.311 e. The number of esters is 4. The summed E-state index contributed by atoms with van der Waals surface area (Å²) < 4.78 is 31.9. The molecular formula is C33H60O12. The molecule has 0 heterocycles. The van der Waals surface area contributed by atoms with Crippen LogP contribution in [0.25, 0.3) is 0 Å². The molecule has 0 saturated carbocycles. The van der Waals surface area contributed by atoms with E-state index in [9.17, 15) is 24.3 Å². The lowest BCUT2D eigenvalue weighted by molar-refractivity contribution is -0.168. The fourth-order valence-electron chi connectivity index (χ4n) is 5.04. The molecule has 0 aromatic rings. The van der Waals surface area contributed by atoms with Gasteiger partial charge in [-0.15, -0.1) is 0 Å². The molecule has 0 bridgehead atoms. The third-order valence-corrected chi connectivity index (χ3v) is 8.47. The summed E-state index contributed by atoms with van der Waals surface area (Å²) in [6.45, 7) is 14.0. The summed E-state index contributed by atoms with van der Waals surface area (Å²) >= 11 is 0. The van der Waals surface area contributed by atoms with Crippen LogP contribution in [0.15, 0.2) is 0 Å². The van der Waals surface area contributed by atoms with Gasteiger partial charge in [0.05, 0.1) is 48.1 Å². The number of aliphatic hydroxyl groups excluding tert-OH is 2. The van der Waals surface area contributed by atoms with Crippen molar-refractivity contribution in [1.29, 1.82) is 0 Å². The Balaban J connectivity index is 5.41. The van der Waals surface area contributed by atoms with Crippen molar-refractivity contribution >= 4 is 23.9 Å². The minimum atomic E-state index is -1.23. The summed E-state index contributed by atoms with van der Waals surface area (Å²) in [6.07, 6.45) is 2.00. The number of carbonyl (C=O) groups is 4. The van der Waals surface area contributed by atoms with Crippen molar-refractivity contribution in [2.75, 3.05) is 60.0 Å². The lowest BCUT2D eigenvalue weighted by atomic mass is 9.68. The fourth-order valence-corrected chi connectivity index (χ4v) is 5.04. The predicted octanol–water partition coefficient (Wildman–Crippen LogP) is 4.01. The highest BCUT2D eigenvalue weighted by Gasteiger charge is 2.46. The second kappa shape index (κ2) is 20.8. The molecule has 3 atom stereocenters. The van der Waals surface area contributed by atoms with Crippen LogP contribution in [0.4, 0.5) is 0 Å². The Labute approximate surface area is 269 Å². The fraction of sp³-hybridized carbons (Fsp3) is 0.879. The number of rotatable bonds is 25. The summed E-state index contributed by atoms with van der Waals surface area (Å²) in [5.74, 6) is -1.91. The average Bonchev–Trinajstić information content (AvgIpc) is 3.00. The van der Waals surface area contributed by atoms with Gasteiger partial charge in [0.25, 0.3) is 0 Å². The van der Waals surface area contributed by atoms with Gasteiger partial charge in [-0.3, -0.25) is 19.2 Å². The molecule has 0 aliphatic heterocycles. The van der Waals surface area contributed by atoms with Crippen LogP contribution in [0.2, 0.25) is 0 Å². The Morgan fingerprint density at radius 1 is 0.622 bits per heavy atom. The normalized spacial score (nSPS) is 15.4. The minimum Gasteiger partial charge on any atom is -0.463 e. The Kier molecular flexibility index (Phi) is 19.7. The summed E-state index contributed by atoms with van der Waals surface area (Å²) in [6, 6.07) is 0. The van der Waals surface area contributed by atoms with Crippen LogP contribution in [-0.4, -0.2) is 100 Å². The number of methoxy groups -OCH3 is 1. The first kappa shape index (κ1) is 42.7. The molecule has 0 fully saturated rings. The number of aliphatic hydroxyl groups is 2. The zero-order valence-electron chi connectivity index (χ0n) is 29.2. The molecule has 12 nitrogen and oxygen atoms in total. The standard InChI is InChI=1S/C33H60O12/c1-10-13-32(7,28(38)42-17-16-34)14-15-33(8,29(39)45-23-25(35)22-40-9)24-30(4,5)26(36)43-20-18-41-19-21-44-27(37)31(6,11-2)12-3/h25,34-35H,10-24H2,1-9H3. The van der Waals surface area contributed by atoms with Crippen LogP contribution in [0, 0.1) is 21.7 Å². The summed E-state index contributed by atoms with van der Waals surface area (Å²) in [4.78, 5) is 51.8. The monoisotopic (exact) mass is 648 g/mol. The molecule has 45 heavy (non-hydrogen) atoms. The minimum absolute atomic E-state index is 0.0194. The first-order valence-corrected chi connectivity index (χ1v) is 16.0. The molecule has 0 aromatic heterocycles. The summed E-state index contributed by atoms with van der Waals surface area (Å²) in [5.41, 5.74) is -3.81. The van der Waals surface area contributed by atoms with Crippen molar-refractivity contribution in [3.05, 3.63) is 0 Å². The lowest BCUT2D eigenvalue weighted by Gasteiger charge is -2.37. The zero-order chi connectivity index (χ0) is 34.7. The number of carbonyl (C=O) groups excluding carboxylic acids is 4. The van der Waals surface area contributed by atoms with Gasteiger partial charge in [0, 0.05) is 7.11 Å². The van der Waals surface area contributed by atoms with Gasteiger partial charge in [0.1, 0.15) is 32.5 Å². The summed E-state index contributed by atoms with van der Waals surface area (Å²) in [5, 5.41) is 19.1. The molecule has 0 rings (SSSR count). The van der Waals surface area contributed by atoms with E-state index in [-0.39, 0.29) is 78.1 Å². The Morgan fingerprint density at radius 3 is 1.62 bits per heavy atom. The van der Waals surface area contributed by atoms with Crippen LogP contribution >= 0.6 is 0 Å². The first-order valence-electron chi connectivity index (χ1n) is 16.0. The van der Waals surface area contributed by atoms with Crippen LogP contribution < -0.4 is 0 Å². The highest BCUT2D eigenvalue weighted by molar-refractivity contribution is 5.81. The molecule has 0 aromatic carbocycles. The van der Waals surface area contributed by atoms with Crippen LogP contribution in [0.5, 0.6) is 0 Å². The largest absolute Gasteiger partial charge is 0.463 e. The van der Waals surface area contributed by atoms with Gasteiger partial charge in [-0.05, 0) is 73.1 Å². The molecule has 0 aliphatic carbocycles. The third-order valence-electron chi connectivity index (χ3n) is 8.47. The second-order valence-corrected chi connectivity index (χ2v) is 13.2. The lowest BCUT2D eigenvalue weighted by Crippen LogP contribution is -2.41. The predicted molar refractivity (Wildman–Crippen MR) is 167 cm³/mol. The highest BCUT2D eigenvalue weighted by atomic mass is 16.6. The van der Waals surface area contributed by atoms with Gasteiger partial charge in [-0.25, -0.2) is 0 Å². The number of hydrogen-bond donors (Lipinski definition) is 2. The van der Waals surface area contributed by atoms with Crippen LogP contribution in [0.1, 0.15) is 100 Å². The van der Waals surface area contributed by atoms with E-state index in [4.69, 9.17) is 33.5 Å². The molecule has 264 valence electrons. The van der Waals surface area contributed by atoms with Gasteiger partial charge < -0.3 is 38.6 Å². The van der Waals surface area contributed by atoms with Gasteiger partial charge in [-0.2, -0.15) is 0 Å². The smallest absolute Gasteiger partial charge is 0.311 e. The van der Waals surface area contributed by atoms with E-state index < -0.39 is 45.7 Å². The molecule has 3 unspecified atom stereocenters. The van der Waals surface area contributed by atoms with E-state index in [2.05, 4.69) is 0 Å². The SMILES string of the molecule is CCCC(C)(CCC(C)(CC(C)(C)C(=O)OCCOCCOC(=O)C(C)(CC)CC)C(=O)OCC(O)COC)C(=O)OCCO.